The van der Waals surface area contributed by atoms with Crippen molar-refractivity contribution in [3.63, 3.8) is 0 Å². The summed E-state index contributed by atoms with van der Waals surface area (Å²) in [6.07, 6.45) is 6.14. The lowest BCUT2D eigenvalue weighted by molar-refractivity contribution is -0.134. The SMILES string of the molecule is O=C(O)C1=Cc2cc3c4c(c2CC1=O)CCCN4CCC3. The van der Waals surface area contributed by atoms with Crippen LogP contribution in [-0.4, -0.2) is 29.9 Å². The van der Waals surface area contributed by atoms with Crippen LogP contribution < -0.4 is 4.90 Å². The summed E-state index contributed by atoms with van der Waals surface area (Å²) in [5.41, 5.74) is 5.90. The lowest BCUT2D eigenvalue weighted by Gasteiger charge is -2.39. The fourth-order valence-electron chi connectivity index (χ4n) is 3.96. The zero-order valence-corrected chi connectivity index (χ0v) is 11.8. The van der Waals surface area contributed by atoms with Gasteiger partial charge in [0.25, 0.3) is 0 Å². The maximum absolute atomic E-state index is 12.1. The van der Waals surface area contributed by atoms with Crippen molar-refractivity contribution in [3.8, 4) is 0 Å². The summed E-state index contributed by atoms with van der Waals surface area (Å²) in [6.45, 7) is 2.20. The molecule has 0 aromatic heterocycles. The minimum Gasteiger partial charge on any atom is -0.478 e. The first-order chi connectivity index (χ1) is 10.1. The average Bonchev–Trinajstić information content (AvgIpc) is 2.48. The molecule has 108 valence electrons. The number of ketones is 1. The normalized spacial score (nSPS) is 19.7. The maximum atomic E-state index is 12.1. The van der Waals surface area contributed by atoms with Crippen LogP contribution in [-0.2, 0) is 28.9 Å². The van der Waals surface area contributed by atoms with E-state index in [-0.39, 0.29) is 17.8 Å². The fourth-order valence-corrected chi connectivity index (χ4v) is 3.96. The molecule has 0 fully saturated rings. The Kier molecular flexibility index (Phi) is 2.67. The van der Waals surface area contributed by atoms with Crippen LogP contribution in [0.15, 0.2) is 11.6 Å². The second kappa shape index (κ2) is 4.45. The second-order valence-corrected chi connectivity index (χ2v) is 6.09. The number of carbonyl (C=O) groups is 2. The fraction of sp³-hybridized carbons (Fsp3) is 0.412. The Morgan fingerprint density at radius 3 is 2.67 bits per heavy atom. The van der Waals surface area contributed by atoms with Crippen LogP contribution in [0, 0.1) is 0 Å². The molecule has 4 nitrogen and oxygen atoms in total. The molecule has 1 aromatic carbocycles. The Morgan fingerprint density at radius 1 is 1.14 bits per heavy atom. The van der Waals surface area contributed by atoms with E-state index in [1.807, 2.05) is 0 Å². The van der Waals surface area contributed by atoms with Gasteiger partial charge in [-0.3, -0.25) is 4.79 Å². The summed E-state index contributed by atoms with van der Waals surface area (Å²) >= 11 is 0. The van der Waals surface area contributed by atoms with Crippen molar-refractivity contribution in [3.05, 3.63) is 33.9 Å². The highest BCUT2D eigenvalue weighted by Crippen LogP contribution is 2.40. The Hall–Kier alpha value is -2.10. The summed E-state index contributed by atoms with van der Waals surface area (Å²) in [5, 5.41) is 9.16. The molecule has 1 aliphatic carbocycles. The quantitative estimate of drug-likeness (QED) is 0.801. The number of nitrogens with zero attached hydrogens (tertiary/aromatic N) is 1. The molecule has 0 atom stereocenters. The van der Waals surface area contributed by atoms with Crippen LogP contribution in [0.1, 0.15) is 35.1 Å². The molecule has 0 bridgehead atoms. The molecule has 0 amide bonds. The van der Waals surface area contributed by atoms with Crippen molar-refractivity contribution >= 4 is 23.5 Å². The van der Waals surface area contributed by atoms with Gasteiger partial charge in [-0.15, -0.1) is 0 Å². The highest BCUT2D eigenvalue weighted by atomic mass is 16.4. The molecule has 2 heterocycles. The van der Waals surface area contributed by atoms with E-state index in [4.69, 9.17) is 5.11 Å². The van der Waals surface area contributed by atoms with Crippen molar-refractivity contribution in [2.24, 2.45) is 0 Å². The summed E-state index contributed by atoms with van der Waals surface area (Å²) < 4.78 is 0. The van der Waals surface area contributed by atoms with Gasteiger partial charge in [-0.05, 0) is 60.1 Å². The molecule has 1 aromatic rings. The Balaban J connectivity index is 1.95. The van der Waals surface area contributed by atoms with Gasteiger partial charge in [-0.1, -0.05) is 0 Å². The number of aliphatic carboxylic acids is 1. The number of benzene rings is 1. The number of Topliss-reactive ketones (excluding diaryl/α,β-unsaturated/α-hetero) is 1. The molecular formula is C17H17NO3. The molecule has 0 unspecified atom stereocenters. The van der Waals surface area contributed by atoms with Crippen molar-refractivity contribution in [1.29, 1.82) is 0 Å². The molecule has 0 spiro atoms. The average molecular weight is 283 g/mol. The van der Waals surface area contributed by atoms with E-state index in [2.05, 4.69) is 11.0 Å². The minimum atomic E-state index is -1.11. The number of anilines is 1. The summed E-state index contributed by atoms with van der Waals surface area (Å²) in [6, 6.07) is 2.11. The van der Waals surface area contributed by atoms with E-state index >= 15 is 0 Å². The summed E-state index contributed by atoms with van der Waals surface area (Å²) in [4.78, 5) is 25.7. The smallest absolute Gasteiger partial charge is 0.339 e. The van der Waals surface area contributed by atoms with Crippen molar-refractivity contribution in [2.45, 2.75) is 32.1 Å². The number of carboxylic acid groups (broad SMARTS) is 1. The maximum Gasteiger partial charge on any atom is 0.339 e. The van der Waals surface area contributed by atoms with Gasteiger partial charge in [0.05, 0.1) is 0 Å². The van der Waals surface area contributed by atoms with Gasteiger partial charge in [0, 0.05) is 25.2 Å². The van der Waals surface area contributed by atoms with E-state index in [0.717, 1.165) is 49.9 Å². The monoisotopic (exact) mass is 283 g/mol. The highest BCUT2D eigenvalue weighted by Gasteiger charge is 2.31. The number of carbonyl (C=O) groups excluding carboxylic acids is 1. The predicted molar refractivity (Wildman–Crippen MR) is 79.6 cm³/mol. The van der Waals surface area contributed by atoms with Gasteiger partial charge >= 0.3 is 5.97 Å². The van der Waals surface area contributed by atoms with E-state index in [0.29, 0.717) is 0 Å². The van der Waals surface area contributed by atoms with Gasteiger partial charge in [-0.2, -0.15) is 0 Å². The van der Waals surface area contributed by atoms with Gasteiger partial charge in [-0.25, -0.2) is 4.79 Å². The standard InChI is InChI=1S/C17H17NO3/c19-15-9-13-11(8-14(15)17(20)21)7-10-3-1-5-18-6-2-4-12(13)16(10)18/h7-8H,1-6,9H2,(H,20,21). The van der Waals surface area contributed by atoms with Crippen LogP contribution in [0.5, 0.6) is 0 Å². The van der Waals surface area contributed by atoms with Gasteiger partial charge in [0.2, 0.25) is 0 Å². The lowest BCUT2D eigenvalue weighted by atomic mass is 9.80. The van der Waals surface area contributed by atoms with Crippen LogP contribution in [0.3, 0.4) is 0 Å². The minimum absolute atomic E-state index is 0.0712. The Labute approximate surface area is 123 Å². The number of hydrogen-bond donors (Lipinski definition) is 1. The van der Waals surface area contributed by atoms with Crippen LogP contribution in [0.2, 0.25) is 0 Å². The second-order valence-electron chi connectivity index (χ2n) is 6.09. The molecule has 1 N–H and O–H groups in total. The number of hydrogen-bond acceptors (Lipinski definition) is 3. The number of carboxylic acids is 1. The lowest BCUT2D eigenvalue weighted by Crippen LogP contribution is -2.35. The summed E-state index contributed by atoms with van der Waals surface area (Å²) in [5.74, 6) is -1.38. The van der Waals surface area contributed by atoms with E-state index in [9.17, 15) is 9.59 Å². The van der Waals surface area contributed by atoms with E-state index in [1.165, 1.54) is 16.8 Å². The van der Waals surface area contributed by atoms with E-state index in [1.54, 1.807) is 6.08 Å². The zero-order chi connectivity index (χ0) is 14.6. The van der Waals surface area contributed by atoms with Gasteiger partial charge in [0.15, 0.2) is 5.78 Å². The third kappa shape index (κ3) is 1.82. The van der Waals surface area contributed by atoms with Gasteiger partial charge in [0.1, 0.15) is 5.57 Å². The molecule has 4 rings (SSSR count). The topological polar surface area (TPSA) is 57.6 Å². The highest BCUT2D eigenvalue weighted by molar-refractivity contribution is 6.22. The molecule has 21 heavy (non-hydrogen) atoms. The van der Waals surface area contributed by atoms with Crippen molar-refractivity contribution in [1.82, 2.24) is 0 Å². The van der Waals surface area contributed by atoms with Crippen LogP contribution in [0.4, 0.5) is 5.69 Å². The van der Waals surface area contributed by atoms with Crippen LogP contribution >= 0.6 is 0 Å². The molecule has 0 radical (unpaired) electrons. The third-order valence-electron chi connectivity index (χ3n) is 4.85. The Bertz CT molecular complexity index is 700. The first-order valence-corrected chi connectivity index (χ1v) is 7.56. The molecule has 2 aliphatic heterocycles. The first kappa shape index (κ1) is 12.6. The number of fused-ring (bicyclic) bond motifs is 2. The molecule has 0 saturated carbocycles. The van der Waals surface area contributed by atoms with Crippen molar-refractivity contribution < 1.29 is 14.7 Å². The largest absolute Gasteiger partial charge is 0.478 e. The van der Waals surface area contributed by atoms with E-state index < -0.39 is 5.97 Å². The van der Waals surface area contributed by atoms with Crippen molar-refractivity contribution in [2.75, 3.05) is 18.0 Å². The predicted octanol–water partition coefficient (Wildman–Crippen LogP) is 1.98. The van der Waals surface area contributed by atoms with Gasteiger partial charge < -0.3 is 10.0 Å². The molecule has 4 heteroatoms. The summed E-state index contributed by atoms with van der Waals surface area (Å²) in [7, 11) is 0. The molecule has 0 saturated heterocycles. The molecular weight excluding hydrogens is 266 g/mol. The van der Waals surface area contributed by atoms with Crippen LogP contribution in [0.25, 0.3) is 6.08 Å². The zero-order valence-electron chi connectivity index (χ0n) is 11.8. The first-order valence-electron chi connectivity index (χ1n) is 7.56. The Morgan fingerprint density at radius 2 is 1.90 bits per heavy atom. The number of rotatable bonds is 1. The third-order valence-corrected chi connectivity index (χ3v) is 4.85. The molecule has 3 aliphatic rings. The number of aryl methyl sites for hydroxylation is 1.